The van der Waals surface area contributed by atoms with Gasteiger partial charge in [-0.1, -0.05) is 6.07 Å². The van der Waals surface area contributed by atoms with Crippen LogP contribution in [0.3, 0.4) is 0 Å². The lowest BCUT2D eigenvalue weighted by Gasteiger charge is -2.17. The highest BCUT2D eigenvalue weighted by molar-refractivity contribution is 7.87. The molecule has 16 heavy (non-hydrogen) atoms. The van der Waals surface area contributed by atoms with Gasteiger partial charge in [0.25, 0.3) is 0 Å². The monoisotopic (exact) mass is 241 g/mol. The van der Waals surface area contributed by atoms with Crippen LogP contribution < -0.4 is 9.50 Å². The van der Waals surface area contributed by atoms with Gasteiger partial charge in [0.2, 0.25) is 0 Å². The molecule has 1 aromatic rings. The predicted molar refractivity (Wildman–Crippen MR) is 61.9 cm³/mol. The van der Waals surface area contributed by atoms with Gasteiger partial charge in [-0.3, -0.25) is 0 Å². The Balaban J connectivity index is 2.24. The second-order valence-electron chi connectivity index (χ2n) is 3.79. The first-order chi connectivity index (χ1) is 7.61. The fraction of sp³-hybridized carbons (Fsp3) is 0.455. The summed E-state index contributed by atoms with van der Waals surface area (Å²) in [5, 5.41) is 3.24. The van der Waals surface area contributed by atoms with E-state index < -0.39 is 10.1 Å². The summed E-state index contributed by atoms with van der Waals surface area (Å²) in [7, 11) is -3.42. The number of hydrogen-bond acceptors (Lipinski definition) is 4. The summed E-state index contributed by atoms with van der Waals surface area (Å²) in [5.41, 5.74) is 2.38. The van der Waals surface area contributed by atoms with Gasteiger partial charge in [0.05, 0.1) is 5.75 Å². The summed E-state index contributed by atoms with van der Waals surface area (Å²) in [6.07, 6.45) is 0.982. The van der Waals surface area contributed by atoms with Crippen molar-refractivity contribution in [3.63, 3.8) is 0 Å². The van der Waals surface area contributed by atoms with E-state index in [1.54, 1.807) is 19.1 Å². The molecule has 0 saturated carbocycles. The highest BCUT2D eigenvalue weighted by atomic mass is 32.2. The molecule has 0 amide bonds. The molecular weight excluding hydrogens is 226 g/mol. The fourth-order valence-electron chi connectivity index (χ4n) is 1.71. The molecule has 0 spiro atoms. The van der Waals surface area contributed by atoms with Gasteiger partial charge in [0.1, 0.15) is 5.75 Å². The van der Waals surface area contributed by atoms with Crippen LogP contribution in [0.1, 0.15) is 18.1 Å². The molecule has 0 fully saturated rings. The number of hydrogen-bond donors (Lipinski definition) is 1. The van der Waals surface area contributed by atoms with Crippen molar-refractivity contribution in [1.82, 2.24) is 5.32 Å². The van der Waals surface area contributed by atoms with Gasteiger partial charge in [0.15, 0.2) is 0 Å². The van der Waals surface area contributed by atoms with Gasteiger partial charge in [0, 0.05) is 6.54 Å². The quantitative estimate of drug-likeness (QED) is 0.804. The minimum atomic E-state index is -3.42. The van der Waals surface area contributed by atoms with Gasteiger partial charge in [-0.15, -0.1) is 0 Å². The number of benzene rings is 1. The normalized spacial score (nSPS) is 15.6. The maximum atomic E-state index is 11.3. The molecule has 1 heterocycles. The Labute approximate surface area is 95.7 Å². The number of fused-ring (bicyclic) bond motifs is 1. The van der Waals surface area contributed by atoms with Crippen LogP contribution in [0.2, 0.25) is 0 Å². The van der Waals surface area contributed by atoms with Gasteiger partial charge in [-0.05, 0) is 43.1 Å². The van der Waals surface area contributed by atoms with Gasteiger partial charge in [-0.25, -0.2) is 0 Å². The summed E-state index contributed by atoms with van der Waals surface area (Å²) in [5.74, 6) is 0.395. The molecule has 4 nitrogen and oxygen atoms in total. The standard InChI is InChI=1S/C11H15NO3S/c1-2-16(13,14)15-11-4-3-9-5-6-12-8-10(9)7-11/h3-4,7,12H,2,5-6,8H2,1H3. The number of rotatable bonds is 3. The minimum Gasteiger partial charge on any atom is -0.382 e. The lowest BCUT2D eigenvalue weighted by molar-refractivity contribution is 0.486. The zero-order valence-corrected chi connectivity index (χ0v) is 10.0. The van der Waals surface area contributed by atoms with E-state index in [-0.39, 0.29) is 5.75 Å². The Bertz CT molecular complexity index is 482. The molecule has 0 aromatic heterocycles. The van der Waals surface area contributed by atoms with Crippen LogP contribution in [0.15, 0.2) is 18.2 Å². The molecular formula is C11H15NO3S. The molecule has 0 saturated heterocycles. The van der Waals surface area contributed by atoms with Crippen molar-refractivity contribution in [2.24, 2.45) is 0 Å². The van der Waals surface area contributed by atoms with Crippen molar-refractivity contribution >= 4 is 10.1 Å². The van der Waals surface area contributed by atoms with Gasteiger partial charge < -0.3 is 9.50 Å². The zero-order valence-electron chi connectivity index (χ0n) is 9.19. The lowest BCUT2D eigenvalue weighted by Crippen LogP contribution is -2.23. The Hall–Kier alpha value is -1.07. The third kappa shape index (κ3) is 2.54. The average Bonchev–Trinajstić information content (AvgIpc) is 2.28. The molecule has 1 aromatic carbocycles. The average molecular weight is 241 g/mol. The third-order valence-corrected chi connectivity index (χ3v) is 3.79. The SMILES string of the molecule is CCS(=O)(=O)Oc1ccc2c(c1)CNCC2. The largest absolute Gasteiger partial charge is 0.382 e. The zero-order chi connectivity index (χ0) is 11.6. The van der Waals surface area contributed by atoms with E-state index in [0.717, 1.165) is 25.1 Å². The maximum absolute atomic E-state index is 11.3. The van der Waals surface area contributed by atoms with Crippen molar-refractivity contribution in [1.29, 1.82) is 0 Å². The maximum Gasteiger partial charge on any atom is 0.308 e. The third-order valence-electron chi connectivity index (χ3n) is 2.64. The lowest BCUT2D eigenvalue weighted by atomic mass is 10.0. The van der Waals surface area contributed by atoms with E-state index in [1.807, 2.05) is 6.07 Å². The Kier molecular flexibility index (Phi) is 3.16. The summed E-state index contributed by atoms with van der Waals surface area (Å²) in [6.45, 7) is 3.31. The first-order valence-electron chi connectivity index (χ1n) is 5.35. The number of nitrogens with one attached hydrogen (secondary N) is 1. The van der Waals surface area contributed by atoms with Crippen LogP contribution in [0, 0.1) is 0 Å². The molecule has 5 heteroatoms. The van der Waals surface area contributed by atoms with Crippen LogP contribution in [0.25, 0.3) is 0 Å². The molecule has 0 radical (unpaired) electrons. The van der Waals surface area contributed by atoms with E-state index in [4.69, 9.17) is 4.18 Å². The Morgan fingerprint density at radius 2 is 2.19 bits per heavy atom. The topological polar surface area (TPSA) is 55.4 Å². The van der Waals surface area contributed by atoms with Crippen LogP contribution in [-0.2, 0) is 23.1 Å². The first-order valence-corrected chi connectivity index (χ1v) is 6.93. The summed E-state index contributed by atoms with van der Waals surface area (Å²) < 4.78 is 27.6. The summed E-state index contributed by atoms with van der Waals surface area (Å²) >= 11 is 0. The van der Waals surface area contributed by atoms with Crippen LogP contribution in [0.5, 0.6) is 5.75 Å². The van der Waals surface area contributed by atoms with Crippen molar-refractivity contribution in [3.8, 4) is 5.75 Å². The molecule has 0 aliphatic carbocycles. The second-order valence-corrected chi connectivity index (χ2v) is 5.65. The molecule has 88 valence electrons. The molecule has 1 aliphatic rings. The minimum absolute atomic E-state index is 0.0116. The molecule has 0 atom stereocenters. The van der Waals surface area contributed by atoms with Crippen molar-refractivity contribution in [2.45, 2.75) is 19.9 Å². The van der Waals surface area contributed by atoms with Crippen molar-refractivity contribution in [3.05, 3.63) is 29.3 Å². The van der Waals surface area contributed by atoms with Crippen molar-refractivity contribution in [2.75, 3.05) is 12.3 Å². The second kappa shape index (κ2) is 4.43. The first kappa shape index (κ1) is 11.4. The molecule has 0 unspecified atom stereocenters. The van der Waals surface area contributed by atoms with Gasteiger partial charge >= 0.3 is 10.1 Å². The molecule has 2 rings (SSSR count). The van der Waals surface area contributed by atoms with E-state index in [1.165, 1.54) is 5.56 Å². The molecule has 1 aliphatic heterocycles. The van der Waals surface area contributed by atoms with E-state index in [2.05, 4.69) is 5.32 Å². The van der Waals surface area contributed by atoms with Crippen LogP contribution in [-0.4, -0.2) is 20.7 Å². The predicted octanol–water partition coefficient (Wildman–Crippen LogP) is 1.06. The molecule has 1 N–H and O–H groups in total. The van der Waals surface area contributed by atoms with Crippen molar-refractivity contribution < 1.29 is 12.6 Å². The Morgan fingerprint density at radius 1 is 1.38 bits per heavy atom. The van der Waals surface area contributed by atoms with Gasteiger partial charge in [-0.2, -0.15) is 8.42 Å². The van der Waals surface area contributed by atoms with E-state index >= 15 is 0 Å². The summed E-state index contributed by atoms with van der Waals surface area (Å²) in [6, 6.07) is 5.46. The van der Waals surface area contributed by atoms with E-state index in [0.29, 0.717) is 5.75 Å². The van der Waals surface area contributed by atoms with E-state index in [9.17, 15) is 8.42 Å². The highest BCUT2D eigenvalue weighted by Crippen LogP contribution is 2.21. The fourth-order valence-corrected chi connectivity index (χ4v) is 2.23. The molecule has 0 bridgehead atoms. The van der Waals surface area contributed by atoms with Crippen LogP contribution in [0.4, 0.5) is 0 Å². The summed E-state index contributed by atoms with van der Waals surface area (Å²) in [4.78, 5) is 0. The smallest absolute Gasteiger partial charge is 0.308 e. The van der Waals surface area contributed by atoms with Crippen LogP contribution >= 0.6 is 0 Å². The Morgan fingerprint density at radius 3 is 2.94 bits per heavy atom. The highest BCUT2D eigenvalue weighted by Gasteiger charge is 2.13.